The van der Waals surface area contributed by atoms with E-state index >= 15 is 0 Å². The molecule has 2 heterocycles. The summed E-state index contributed by atoms with van der Waals surface area (Å²) < 4.78 is 40.8. The van der Waals surface area contributed by atoms with Gasteiger partial charge >= 0.3 is 0 Å². The molecule has 4 rings (SSSR count). The van der Waals surface area contributed by atoms with E-state index in [0.29, 0.717) is 42.6 Å². The first-order chi connectivity index (χ1) is 14.3. The van der Waals surface area contributed by atoms with Crippen LogP contribution in [0.1, 0.15) is 11.1 Å². The molecule has 8 heteroatoms. The SMILES string of the molecule is Cc1ccc(C)c(S(=O)(=O)N2CCN(c3ccc(-c4ccc(F)cc4)nn3)CC2)c1. The molecule has 1 fully saturated rings. The third kappa shape index (κ3) is 4.06. The van der Waals surface area contributed by atoms with Gasteiger partial charge in [-0.25, -0.2) is 12.8 Å². The van der Waals surface area contributed by atoms with Crippen LogP contribution in [0.3, 0.4) is 0 Å². The van der Waals surface area contributed by atoms with Gasteiger partial charge in [-0.3, -0.25) is 0 Å². The molecule has 0 unspecified atom stereocenters. The molecule has 0 amide bonds. The Kier molecular flexibility index (Phi) is 5.53. The number of piperazine rings is 1. The van der Waals surface area contributed by atoms with E-state index in [1.807, 2.05) is 43.0 Å². The monoisotopic (exact) mass is 426 g/mol. The second kappa shape index (κ2) is 8.12. The molecule has 6 nitrogen and oxygen atoms in total. The predicted molar refractivity (Wildman–Crippen MR) is 114 cm³/mol. The van der Waals surface area contributed by atoms with E-state index in [-0.39, 0.29) is 5.82 Å². The molecule has 0 saturated carbocycles. The molecule has 1 aliphatic rings. The minimum Gasteiger partial charge on any atom is -0.352 e. The standard InChI is InChI=1S/C22H23FN4O2S/c1-16-3-4-17(2)21(15-16)30(28,29)27-13-11-26(12-14-27)22-10-9-20(24-25-22)18-5-7-19(23)8-6-18/h3-10,15H,11-14H2,1-2H3. The van der Waals surface area contributed by atoms with Gasteiger partial charge in [-0.2, -0.15) is 4.31 Å². The van der Waals surface area contributed by atoms with E-state index in [2.05, 4.69) is 10.2 Å². The Balaban J connectivity index is 1.45. The van der Waals surface area contributed by atoms with Crippen LogP contribution in [0.2, 0.25) is 0 Å². The van der Waals surface area contributed by atoms with Crippen molar-refractivity contribution in [3.8, 4) is 11.3 Å². The van der Waals surface area contributed by atoms with Gasteiger partial charge in [0.25, 0.3) is 0 Å². The van der Waals surface area contributed by atoms with Crippen molar-refractivity contribution < 1.29 is 12.8 Å². The minimum atomic E-state index is -3.53. The summed E-state index contributed by atoms with van der Waals surface area (Å²) >= 11 is 0. The molecule has 0 atom stereocenters. The predicted octanol–water partition coefficient (Wildman–Crippen LogP) is 3.41. The van der Waals surface area contributed by atoms with Crippen molar-refractivity contribution >= 4 is 15.8 Å². The molecule has 1 aromatic heterocycles. The van der Waals surface area contributed by atoms with E-state index in [1.54, 1.807) is 18.2 Å². The summed E-state index contributed by atoms with van der Waals surface area (Å²) in [6.07, 6.45) is 0. The first-order valence-electron chi connectivity index (χ1n) is 9.76. The maximum absolute atomic E-state index is 13.1. The molecule has 3 aromatic rings. The molecule has 1 aliphatic heterocycles. The summed E-state index contributed by atoms with van der Waals surface area (Å²) in [6, 6.07) is 15.3. The van der Waals surface area contributed by atoms with Crippen LogP contribution in [-0.2, 0) is 10.0 Å². The fourth-order valence-corrected chi connectivity index (χ4v) is 5.28. The average Bonchev–Trinajstić information content (AvgIpc) is 2.76. The lowest BCUT2D eigenvalue weighted by Gasteiger charge is -2.34. The number of aryl methyl sites for hydroxylation is 2. The van der Waals surface area contributed by atoms with Crippen LogP contribution in [0, 0.1) is 19.7 Å². The van der Waals surface area contributed by atoms with Gasteiger partial charge in [0, 0.05) is 31.7 Å². The highest BCUT2D eigenvalue weighted by molar-refractivity contribution is 7.89. The number of sulfonamides is 1. The fraction of sp³-hybridized carbons (Fsp3) is 0.273. The van der Waals surface area contributed by atoms with Gasteiger partial charge in [0.1, 0.15) is 5.82 Å². The van der Waals surface area contributed by atoms with Crippen LogP contribution in [0.5, 0.6) is 0 Å². The summed E-state index contributed by atoms with van der Waals surface area (Å²) in [6.45, 7) is 5.56. The fourth-order valence-electron chi connectivity index (χ4n) is 3.55. The van der Waals surface area contributed by atoms with E-state index in [9.17, 15) is 12.8 Å². The van der Waals surface area contributed by atoms with Crippen molar-refractivity contribution in [3.63, 3.8) is 0 Å². The maximum atomic E-state index is 13.1. The van der Waals surface area contributed by atoms with E-state index in [4.69, 9.17) is 0 Å². The number of aromatic nitrogens is 2. The molecule has 0 N–H and O–H groups in total. The van der Waals surface area contributed by atoms with Gasteiger partial charge in [0.2, 0.25) is 10.0 Å². The second-order valence-corrected chi connectivity index (χ2v) is 9.35. The molecule has 0 radical (unpaired) electrons. The molecular formula is C22H23FN4O2S. The Morgan fingerprint density at radius 2 is 1.57 bits per heavy atom. The molecule has 30 heavy (non-hydrogen) atoms. The maximum Gasteiger partial charge on any atom is 0.243 e. The van der Waals surface area contributed by atoms with Gasteiger partial charge in [-0.1, -0.05) is 12.1 Å². The lowest BCUT2D eigenvalue weighted by atomic mass is 10.1. The number of hydrogen-bond donors (Lipinski definition) is 0. The van der Waals surface area contributed by atoms with Crippen LogP contribution in [0.15, 0.2) is 59.5 Å². The molecule has 0 aliphatic carbocycles. The quantitative estimate of drug-likeness (QED) is 0.640. The first kappa shape index (κ1) is 20.4. The van der Waals surface area contributed by atoms with E-state index in [1.165, 1.54) is 16.4 Å². The molecule has 2 aromatic carbocycles. The summed E-state index contributed by atoms with van der Waals surface area (Å²) in [5, 5.41) is 8.53. The molecular weight excluding hydrogens is 403 g/mol. The van der Waals surface area contributed by atoms with Crippen molar-refractivity contribution in [1.82, 2.24) is 14.5 Å². The largest absolute Gasteiger partial charge is 0.352 e. The Hall–Kier alpha value is -2.84. The Morgan fingerprint density at radius 3 is 2.20 bits per heavy atom. The summed E-state index contributed by atoms with van der Waals surface area (Å²) in [4.78, 5) is 2.40. The van der Waals surface area contributed by atoms with Crippen LogP contribution in [0.25, 0.3) is 11.3 Å². The first-order valence-corrected chi connectivity index (χ1v) is 11.2. The summed E-state index contributed by atoms with van der Waals surface area (Å²) in [7, 11) is -3.53. The highest BCUT2D eigenvalue weighted by Crippen LogP contribution is 2.24. The number of hydrogen-bond acceptors (Lipinski definition) is 5. The van der Waals surface area contributed by atoms with Crippen LogP contribution < -0.4 is 4.90 Å². The van der Waals surface area contributed by atoms with Gasteiger partial charge in [0.05, 0.1) is 10.6 Å². The van der Waals surface area contributed by atoms with Crippen molar-refractivity contribution in [1.29, 1.82) is 0 Å². The zero-order valence-electron chi connectivity index (χ0n) is 16.9. The highest BCUT2D eigenvalue weighted by Gasteiger charge is 2.30. The zero-order valence-corrected chi connectivity index (χ0v) is 17.7. The van der Waals surface area contributed by atoms with Gasteiger partial charge in [-0.15, -0.1) is 10.2 Å². The smallest absolute Gasteiger partial charge is 0.243 e. The minimum absolute atomic E-state index is 0.294. The third-order valence-corrected chi connectivity index (χ3v) is 7.36. The van der Waals surface area contributed by atoms with Crippen molar-refractivity contribution in [2.24, 2.45) is 0 Å². The normalized spacial score (nSPS) is 15.4. The summed E-state index contributed by atoms with van der Waals surface area (Å²) in [5.41, 5.74) is 3.13. The third-order valence-electron chi connectivity index (χ3n) is 5.31. The topological polar surface area (TPSA) is 66.4 Å². The number of rotatable bonds is 4. The van der Waals surface area contributed by atoms with Crippen LogP contribution in [-0.4, -0.2) is 49.1 Å². The molecule has 156 valence electrons. The number of halogens is 1. The highest BCUT2D eigenvalue weighted by atomic mass is 32.2. The van der Waals surface area contributed by atoms with Crippen molar-refractivity contribution in [2.75, 3.05) is 31.1 Å². The van der Waals surface area contributed by atoms with E-state index in [0.717, 1.165) is 16.7 Å². The van der Waals surface area contributed by atoms with Gasteiger partial charge in [0.15, 0.2) is 5.82 Å². The molecule has 0 bridgehead atoms. The van der Waals surface area contributed by atoms with Crippen molar-refractivity contribution in [3.05, 3.63) is 71.5 Å². The number of nitrogens with zero attached hydrogens (tertiary/aromatic N) is 4. The van der Waals surface area contributed by atoms with Crippen LogP contribution in [0.4, 0.5) is 10.2 Å². The summed E-state index contributed by atoms with van der Waals surface area (Å²) in [5.74, 6) is 0.404. The molecule has 0 spiro atoms. The van der Waals surface area contributed by atoms with Crippen molar-refractivity contribution in [2.45, 2.75) is 18.7 Å². The molecule has 1 saturated heterocycles. The Morgan fingerprint density at radius 1 is 0.867 bits per heavy atom. The Labute approximate surface area is 176 Å². The van der Waals surface area contributed by atoms with Crippen LogP contribution >= 0.6 is 0 Å². The second-order valence-electron chi connectivity index (χ2n) is 7.44. The number of benzene rings is 2. The van der Waals surface area contributed by atoms with Gasteiger partial charge < -0.3 is 4.90 Å². The number of anilines is 1. The average molecular weight is 427 g/mol. The zero-order chi connectivity index (χ0) is 21.3. The lowest BCUT2D eigenvalue weighted by molar-refractivity contribution is 0.383. The van der Waals surface area contributed by atoms with Gasteiger partial charge in [-0.05, 0) is 67.4 Å². The Bertz CT molecular complexity index is 1140. The van der Waals surface area contributed by atoms with E-state index < -0.39 is 10.0 Å². The lowest BCUT2D eigenvalue weighted by Crippen LogP contribution is -2.49.